The smallest absolute Gasteiger partial charge is 0.351 e. The third kappa shape index (κ3) is 4.93. The van der Waals surface area contributed by atoms with Crippen molar-refractivity contribution >= 4 is 17.5 Å². The van der Waals surface area contributed by atoms with Gasteiger partial charge in [-0.2, -0.15) is 13.2 Å². The number of aromatic nitrogens is 2. The molecule has 8 heteroatoms. The topological polar surface area (TPSA) is 66.9 Å². The summed E-state index contributed by atoms with van der Waals surface area (Å²) < 4.78 is 39.0. The van der Waals surface area contributed by atoms with Gasteiger partial charge < -0.3 is 10.6 Å². The Balaban J connectivity index is 1.35. The van der Waals surface area contributed by atoms with E-state index in [2.05, 4.69) is 20.6 Å². The number of aryl methyl sites for hydroxylation is 1. The predicted molar refractivity (Wildman–Crippen MR) is 133 cm³/mol. The highest BCUT2D eigenvalue weighted by molar-refractivity contribution is 6.09. The number of halogens is 3. The fourth-order valence-corrected chi connectivity index (χ4v) is 4.62. The van der Waals surface area contributed by atoms with Gasteiger partial charge in [0, 0.05) is 29.7 Å². The molecule has 2 N–H and O–H groups in total. The van der Waals surface area contributed by atoms with Crippen molar-refractivity contribution < 1.29 is 18.0 Å². The van der Waals surface area contributed by atoms with Crippen LogP contribution in [0.5, 0.6) is 0 Å². The van der Waals surface area contributed by atoms with Crippen LogP contribution in [0.3, 0.4) is 0 Å². The zero-order chi connectivity index (χ0) is 25.3. The van der Waals surface area contributed by atoms with E-state index in [0.717, 1.165) is 36.1 Å². The van der Waals surface area contributed by atoms with Crippen molar-refractivity contribution in [3.05, 3.63) is 107 Å². The minimum Gasteiger partial charge on any atom is -0.351 e. The fourth-order valence-electron chi connectivity index (χ4n) is 4.62. The lowest BCUT2D eigenvalue weighted by atomic mass is 9.93. The van der Waals surface area contributed by atoms with Crippen LogP contribution in [-0.4, -0.2) is 21.9 Å². The summed E-state index contributed by atoms with van der Waals surface area (Å²) in [7, 11) is 0. The molecule has 0 saturated heterocycles. The van der Waals surface area contributed by atoms with E-state index >= 15 is 0 Å². The molecule has 0 saturated carbocycles. The first-order chi connectivity index (χ1) is 17.3. The maximum Gasteiger partial charge on any atom is 0.416 e. The number of benzene rings is 3. The van der Waals surface area contributed by atoms with E-state index in [9.17, 15) is 18.0 Å². The van der Waals surface area contributed by atoms with Gasteiger partial charge in [0.2, 0.25) is 5.95 Å². The van der Waals surface area contributed by atoms with E-state index < -0.39 is 11.7 Å². The Morgan fingerprint density at radius 2 is 1.64 bits per heavy atom. The number of fused-ring (bicyclic) bond motifs is 1. The molecule has 1 amide bonds. The normalized spacial score (nSPS) is 14.8. The maximum atomic E-state index is 13.3. The van der Waals surface area contributed by atoms with Crippen molar-refractivity contribution in [2.24, 2.45) is 0 Å². The van der Waals surface area contributed by atoms with Gasteiger partial charge in [0.15, 0.2) is 0 Å². The monoisotopic (exact) mass is 488 g/mol. The maximum absolute atomic E-state index is 13.3. The van der Waals surface area contributed by atoms with Crippen LogP contribution in [0, 0.1) is 6.92 Å². The van der Waals surface area contributed by atoms with Crippen LogP contribution in [0.25, 0.3) is 11.1 Å². The molecule has 1 aliphatic rings. The average molecular weight is 489 g/mol. The standard InChI is InChI=1S/C28H23F3N4O/c1-17-4-2-5-24(25(17)18-6-9-21(10-7-18)28(29,30)31)26(36)34-22-11-8-19-14-23(16-20(19)15-22)35-27-32-12-3-13-33-27/h2-13,15,23H,14,16H2,1H3,(H,34,36)(H,32,33,35)/t23-/m0/s1. The number of rotatable bonds is 5. The van der Waals surface area contributed by atoms with Crippen LogP contribution in [0.2, 0.25) is 0 Å². The summed E-state index contributed by atoms with van der Waals surface area (Å²) in [5.74, 6) is 0.262. The van der Waals surface area contributed by atoms with Crippen molar-refractivity contribution in [1.82, 2.24) is 9.97 Å². The summed E-state index contributed by atoms with van der Waals surface area (Å²) in [5, 5.41) is 6.30. The van der Waals surface area contributed by atoms with Crippen molar-refractivity contribution in [2.75, 3.05) is 10.6 Å². The Morgan fingerprint density at radius 3 is 2.36 bits per heavy atom. The molecule has 3 aromatic carbocycles. The van der Waals surface area contributed by atoms with Crippen molar-refractivity contribution in [2.45, 2.75) is 32.0 Å². The van der Waals surface area contributed by atoms with Crippen molar-refractivity contribution in [3.63, 3.8) is 0 Å². The summed E-state index contributed by atoms with van der Waals surface area (Å²) in [5.41, 5.74) is 4.63. The van der Waals surface area contributed by atoms with Crippen LogP contribution >= 0.6 is 0 Å². The number of nitrogens with one attached hydrogen (secondary N) is 2. The molecule has 36 heavy (non-hydrogen) atoms. The Morgan fingerprint density at radius 1 is 0.917 bits per heavy atom. The molecular weight excluding hydrogens is 465 g/mol. The molecular formula is C28H23F3N4O. The SMILES string of the molecule is Cc1cccc(C(=O)Nc2ccc3c(c2)C[C@@H](Nc2ncccn2)C3)c1-c1ccc(C(F)(F)F)cc1. The van der Waals surface area contributed by atoms with E-state index in [0.29, 0.717) is 28.3 Å². The highest BCUT2D eigenvalue weighted by atomic mass is 19.4. The zero-order valence-electron chi connectivity index (χ0n) is 19.4. The molecule has 0 unspecified atom stereocenters. The second-order valence-electron chi connectivity index (χ2n) is 8.83. The van der Waals surface area contributed by atoms with Crippen LogP contribution < -0.4 is 10.6 Å². The number of alkyl halides is 3. The van der Waals surface area contributed by atoms with Gasteiger partial charge in [-0.3, -0.25) is 4.79 Å². The third-order valence-electron chi connectivity index (χ3n) is 6.31. The average Bonchev–Trinajstić information content (AvgIpc) is 3.25. The summed E-state index contributed by atoms with van der Waals surface area (Å²) in [6.07, 6.45) is 0.571. The molecule has 0 spiro atoms. The van der Waals surface area contributed by atoms with Gasteiger partial charge >= 0.3 is 6.18 Å². The minimum atomic E-state index is -4.42. The van der Waals surface area contributed by atoms with Crippen LogP contribution in [0.15, 0.2) is 79.1 Å². The molecule has 5 rings (SSSR count). The molecule has 182 valence electrons. The van der Waals surface area contributed by atoms with E-state index in [1.807, 2.05) is 31.2 Å². The van der Waals surface area contributed by atoms with Crippen LogP contribution in [-0.2, 0) is 19.0 Å². The quantitative estimate of drug-likeness (QED) is 0.346. The number of carbonyl (C=O) groups is 1. The molecule has 0 fully saturated rings. The first kappa shape index (κ1) is 23.5. The Labute approximate surface area is 206 Å². The van der Waals surface area contributed by atoms with Gasteiger partial charge in [-0.25, -0.2) is 9.97 Å². The van der Waals surface area contributed by atoms with Gasteiger partial charge in [0.1, 0.15) is 0 Å². The van der Waals surface area contributed by atoms with Gasteiger partial charge in [-0.1, -0.05) is 30.3 Å². The highest BCUT2D eigenvalue weighted by Crippen LogP contribution is 2.34. The molecule has 5 nitrogen and oxygen atoms in total. The highest BCUT2D eigenvalue weighted by Gasteiger charge is 2.30. The molecule has 0 bridgehead atoms. The summed E-state index contributed by atoms with van der Waals surface area (Å²) in [6, 6.07) is 17.9. The van der Waals surface area contributed by atoms with E-state index in [1.54, 1.807) is 30.6 Å². The number of amides is 1. The summed E-state index contributed by atoms with van der Waals surface area (Å²) >= 11 is 0. The Bertz CT molecular complexity index is 1400. The molecule has 1 heterocycles. The van der Waals surface area contributed by atoms with Gasteiger partial charge in [-0.15, -0.1) is 0 Å². The van der Waals surface area contributed by atoms with Gasteiger partial charge in [0.25, 0.3) is 5.91 Å². The third-order valence-corrected chi connectivity index (χ3v) is 6.31. The van der Waals surface area contributed by atoms with Gasteiger partial charge in [-0.05, 0) is 84.0 Å². The Hall–Kier alpha value is -4.20. The first-order valence-electron chi connectivity index (χ1n) is 11.5. The lowest BCUT2D eigenvalue weighted by molar-refractivity contribution is -0.137. The largest absolute Gasteiger partial charge is 0.416 e. The summed E-state index contributed by atoms with van der Waals surface area (Å²) in [6.45, 7) is 1.84. The van der Waals surface area contributed by atoms with E-state index in [4.69, 9.17) is 0 Å². The number of hydrogen-bond acceptors (Lipinski definition) is 4. The molecule has 0 aliphatic heterocycles. The van der Waals surface area contributed by atoms with Crippen molar-refractivity contribution in [1.29, 1.82) is 0 Å². The van der Waals surface area contributed by atoms with Crippen LogP contribution in [0.1, 0.15) is 32.6 Å². The molecule has 0 radical (unpaired) electrons. The molecule has 4 aromatic rings. The Kier molecular flexibility index (Phi) is 6.18. The number of anilines is 2. The number of nitrogens with zero attached hydrogens (tertiary/aromatic N) is 2. The van der Waals surface area contributed by atoms with E-state index in [-0.39, 0.29) is 11.9 Å². The lowest BCUT2D eigenvalue weighted by Gasteiger charge is -2.15. The van der Waals surface area contributed by atoms with Gasteiger partial charge in [0.05, 0.1) is 5.56 Å². The molecule has 1 aliphatic carbocycles. The summed E-state index contributed by atoms with van der Waals surface area (Å²) in [4.78, 5) is 21.7. The van der Waals surface area contributed by atoms with Crippen molar-refractivity contribution in [3.8, 4) is 11.1 Å². The first-order valence-corrected chi connectivity index (χ1v) is 11.5. The zero-order valence-corrected chi connectivity index (χ0v) is 19.4. The lowest BCUT2D eigenvalue weighted by Crippen LogP contribution is -2.20. The molecule has 1 atom stereocenters. The number of carbonyl (C=O) groups excluding carboxylic acids is 1. The number of hydrogen-bond donors (Lipinski definition) is 2. The molecule has 1 aromatic heterocycles. The second-order valence-corrected chi connectivity index (χ2v) is 8.83. The fraction of sp³-hybridized carbons (Fsp3) is 0.179. The predicted octanol–water partition coefficient (Wildman–Crippen LogP) is 6.30. The van der Waals surface area contributed by atoms with E-state index in [1.165, 1.54) is 17.7 Å². The van der Waals surface area contributed by atoms with Crippen LogP contribution in [0.4, 0.5) is 24.8 Å². The minimum absolute atomic E-state index is 0.163. The second kappa shape index (κ2) is 9.45.